The Kier molecular flexibility index (Phi) is 9.04. The highest BCUT2D eigenvalue weighted by Gasteiger charge is 2.22. The van der Waals surface area contributed by atoms with Gasteiger partial charge < -0.3 is 20.5 Å². The van der Waals surface area contributed by atoms with Crippen LogP contribution < -0.4 is 20.5 Å². The van der Waals surface area contributed by atoms with E-state index in [0.717, 1.165) is 28.5 Å². The number of carbonyl (C=O) groups is 2. The molecular weight excluding hydrogens is 504 g/mol. The Morgan fingerprint density at radius 1 is 0.923 bits per heavy atom. The molecule has 0 saturated carbocycles. The number of nitrogens with two attached hydrogens (primary N) is 1. The van der Waals surface area contributed by atoms with Crippen molar-refractivity contribution in [2.75, 3.05) is 19.5 Å². The number of hydrogen-bond acceptors (Lipinski definition) is 6. The highest BCUT2D eigenvalue weighted by atomic mass is 19.2. The molecule has 0 spiro atoms. The maximum Gasteiger partial charge on any atom is 0.224 e. The molecule has 0 fully saturated rings. The predicted octanol–water partition coefficient (Wildman–Crippen LogP) is 4.80. The Morgan fingerprint density at radius 2 is 1.67 bits per heavy atom. The molecule has 39 heavy (non-hydrogen) atoms. The first kappa shape index (κ1) is 27.5. The summed E-state index contributed by atoms with van der Waals surface area (Å²) >= 11 is 0. The van der Waals surface area contributed by atoms with Crippen LogP contribution in [0.4, 0.5) is 14.6 Å². The van der Waals surface area contributed by atoms with Crippen LogP contribution in [-0.4, -0.2) is 36.4 Å². The molecule has 3 aromatic carbocycles. The third kappa shape index (κ3) is 7.50. The van der Waals surface area contributed by atoms with Gasteiger partial charge in [0.1, 0.15) is 17.3 Å². The number of ether oxygens (including phenoxy) is 2. The number of nitrogen functional groups attached to an aromatic ring is 1. The number of benzene rings is 3. The van der Waals surface area contributed by atoms with Crippen LogP contribution in [0.15, 0.2) is 72.9 Å². The van der Waals surface area contributed by atoms with Crippen molar-refractivity contribution in [2.24, 2.45) is 0 Å². The third-order valence-electron chi connectivity index (χ3n) is 6.32. The van der Waals surface area contributed by atoms with Gasteiger partial charge in [-0.3, -0.25) is 9.59 Å². The molecule has 4 rings (SSSR count). The maximum absolute atomic E-state index is 13.8. The smallest absolute Gasteiger partial charge is 0.224 e. The van der Waals surface area contributed by atoms with Crippen molar-refractivity contribution in [3.63, 3.8) is 0 Å². The first-order chi connectivity index (χ1) is 18.8. The summed E-state index contributed by atoms with van der Waals surface area (Å²) in [6, 6.07) is 17.0. The number of methoxy groups -OCH3 is 1. The highest BCUT2D eigenvalue weighted by Crippen LogP contribution is 2.21. The van der Waals surface area contributed by atoms with Crippen molar-refractivity contribution >= 4 is 28.3 Å². The van der Waals surface area contributed by atoms with Crippen LogP contribution in [0, 0.1) is 11.6 Å². The number of aromatic nitrogens is 1. The summed E-state index contributed by atoms with van der Waals surface area (Å²) in [6.07, 6.45) is 2.23. The van der Waals surface area contributed by atoms with Crippen LogP contribution in [0.5, 0.6) is 11.5 Å². The summed E-state index contributed by atoms with van der Waals surface area (Å²) < 4.78 is 38.0. The van der Waals surface area contributed by atoms with Gasteiger partial charge in [-0.25, -0.2) is 13.8 Å². The molecule has 0 aliphatic rings. The van der Waals surface area contributed by atoms with Crippen molar-refractivity contribution in [2.45, 2.75) is 31.7 Å². The highest BCUT2D eigenvalue weighted by molar-refractivity contribution is 5.92. The maximum atomic E-state index is 13.8. The van der Waals surface area contributed by atoms with Gasteiger partial charge in [0, 0.05) is 18.0 Å². The van der Waals surface area contributed by atoms with Gasteiger partial charge in [0.15, 0.2) is 17.4 Å². The Bertz CT molecular complexity index is 1460. The minimum Gasteiger partial charge on any atom is -0.497 e. The number of nitrogens with zero attached hydrogens (tertiary/aromatic N) is 1. The summed E-state index contributed by atoms with van der Waals surface area (Å²) in [5.74, 6) is -0.914. The van der Waals surface area contributed by atoms with Crippen LogP contribution in [-0.2, 0) is 22.4 Å². The molecule has 3 N–H and O–H groups in total. The number of nitrogens with one attached hydrogen (secondary N) is 1. The molecule has 1 atom stereocenters. The summed E-state index contributed by atoms with van der Waals surface area (Å²) in [4.78, 5) is 30.0. The third-order valence-corrected chi connectivity index (χ3v) is 6.32. The van der Waals surface area contributed by atoms with Crippen LogP contribution in [0.3, 0.4) is 0 Å². The Balaban J connectivity index is 1.39. The van der Waals surface area contributed by atoms with E-state index in [1.807, 2.05) is 24.3 Å². The van der Waals surface area contributed by atoms with E-state index in [2.05, 4.69) is 10.3 Å². The van der Waals surface area contributed by atoms with E-state index in [9.17, 15) is 18.4 Å². The van der Waals surface area contributed by atoms with E-state index in [4.69, 9.17) is 15.2 Å². The van der Waals surface area contributed by atoms with Gasteiger partial charge in [-0.1, -0.05) is 24.3 Å². The molecule has 0 bridgehead atoms. The normalized spacial score (nSPS) is 11.7. The first-order valence-electron chi connectivity index (χ1n) is 12.5. The molecule has 0 radical (unpaired) electrons. The number of amides is 1. The number of carbonyl (C=O) groups excluding carboxylic acids is 2. The number of fused-ring (bicyclic) bond motifs is 1. The molecular formula is C30H29F2N3O4. The topological polar surface area (TPSA) is 104 Å². The SMILES string of the molecule is COc1ccc(OCCC(=O)N[C@@H](Cc2ccc(F)c(F)c2)C(=O)CCc2ccc3c(N)nccc3c2)cc1. The second-order valence-corrected chi connectivity index (χ2v) is 9.06. The fourth-order valence-corrected chi connectivity index (χ4v) is 4.20. The second kappa shape index (κ2) is 12.8. The van der Waals surface area contributed by atoms with E-state index in [1.165, 1.54) is 6.07 Å². The zero-order chi connectivity index (χ0) is 27.8. The molecule has 0 aliphatic heterocycles. The van der Waals surface area contributed by atoms with Gasteiger partial charge in [-0.05, 0) is 71.8 Å². The molecule has 1 heterocycles. The number of rotatable bonds is 12. The summed E-state index contributed by atoms with van der Waals surface area (Å²) in [7, 11) is 1.56. The van der Waals surface area contributed by atoms with Crippen molar-refractivity contribution in [3.8, 4) is 11.5 Å². The first-order valence-corrected chi connectivity index (χ1v) is 12.5. The second-order valence-electron chi connectivity index (χ2n) is 9.06. The molecule has 0 saturated heterocycles. The lowest BCUT2D eigenvalue weighted by Gasteiger charge is -2.18. The summed E-state index contributed by atoms with van der Waals surface area (Å²) in [5.41, 5.74) is 7.24. The number of ketones is 1. The van der Waals surface area contributed by atoms with E-state index in [1.54, 1.807) is 37.6 Å². The minimum atomic E-state index is -1.01. The zero-order valence-corrected chi connectivity index (χ0v) is 21.5. The molecule has 202 valence electrons. The average Bonchev–Trinajstić information content (AvgIpc) is 2.94. The Labute approximate surface area is 225 Å². The Hall–Kier alpha value is -4.53. The van der Waals surface area contributed by atoms with E-state index in [-0.39, 0.29) is 31.7 Å². The van der Waals surface area contributed by atoms with E-state index in [0.29, 0.717) is 29.3 Å². The zero-order valence-electron chi connectivity index (χ0n) is 21.5. The van der Waals surface area contributed by atoms with Crippen LogP contribution >= 0.6 is 0 Å². The van der Waals surface area contributed by atoms with Crippen molar-refractivity contribution < 1.29 is 27.8 Å². The lowest BCUT2D eigenvalue weighted by molar-refractivity contribution is -0.128. The summed E-state index contributed by atoms with van der Waals surface area (Å²) in [6.45, 7) is 0.0966. The van der Waals surface area contributed by atoms with E-state index >= 15 is 0 Å². The number of Topliss-reactive ketones (excluding diaryl/α,β-unsaturated/α-hetero) is 1. The number of aryl methyl sites for hydroxylation is 1. The largest absolute Gasteiger partial charge is 0.497 e. The fourth-order valence-electron chi connectivity index (χ4n) is 4.20. The quantitative estimate of drug-likeness (QED) is 0.271. The number of hydrogen-bond donors (Lipinski definition) is 2. The lowest BCUT2D eigenvalue weighted by Crippen LogP contribution is -2.43. The van der Waals surface area contributed by atoms with Gasteiger partial charge in [-0.2, -0.15) is 0 Å². The molecule has 4 aromatic rings. The van der Waals surface area contributed by atoms with Crippen LogP contribution in [0.25, 0.3) is 10.8 Å². The van der Waals surface area contributed by atoms with Gasteiger partial charge in [0.25, 0.3) is 0 Å². The van der Waals surface area contributed by atoms with Gasteiger partial charge in [0.2, 0.25) is 5.91 Å². The molecule has 0 unspecified atom stereocenters. The van der Waals surface area contributed by atoms with Gasteiger partial charge >= 0.3 is 0 Å². The predicted molar refractivity (Wildman–Crippen MR) is 145 cm³/mol. The van der Waals surface area contributed by atoms with Crippen molar-refractivity contribution in [1.29, 1.82) is 0 Å². The Morgan fingerprint density at radius 3 is 2.41 bits per heavy atom. The van der Waals surface area contributed by atoms with Crippen LogP contribution in [0.1, 0.15) is 24.0 Å². The van der Waals surface area contributed by atoms with Crippen molar-refractivity contribution in [1.82, 2.24) is 10.3 Å². The average molecular weight is 534 g/mol. The molecule has 9 heteroatoms. The number of halogens is 2. The standard InChI is InChI=1S/C30H29F2N3O4/c1-38-22-5-7-23(8-6-22)39-15-13-29(37)35-27(18-20-3-10-25(31)26(32)17-20)28(36)11-4-19-2-9-24-21(16-19)12-14-34-30(24)33/h2-3,5-10,12,14,16-17,27H,4,11,13,15,18H2,1H3,(H2,33,34)(H,35,37)/t27-/m0/s1. The van der Waals surface area contributed by atoms with E-state index < -0.39 is 23.6 Å². The van der Waals surface area contributed by atoms with Crippen molar-refractivity contribution in [3.05, 3.63) is 95.7 Å². The molecule has 7 nitrogen and oxygen atoms in total. The van der Waals surface area contributed by atoms with Gasteiger partial charge in [0.05, 0.1) is 26.2 Å². The molecule has 1 amide bonds. The molecule has 0 aliphatic carbocycles. The fraction of sp³-hybridized carbons (Fsp3) is 0.233. The van der Waals surface area contributed by atoms with Crippen LogP contribution in [0.2, 0.25) is 0 Å². The van der Waals surface area contributed by atoms with Gasteiger partial charge in [-0.15, -0.1) is 0 Å². The monoisotopic (exact) mass is 533 g/mol. The minimum absolute atomic E-state index is 0.00766. The summed E-state index contributed by atoms with van der Waals surface area (Å²) in [5, 5.41) is 4.49. The lowest BCUT2D eigenvalue weighted by atomic mass is 9.96. The number of pyridine rings is 1. The number of anilines is 1. The molecule has 1 aromatic heterocycles.